The second-order valence-electron chi connectivity index (χ2n) is 12.4. The number of benzene rings is 3. The molecule has 1 fully saturated rings. The van der Waals surface area contributed by atoms with E-state index in [1.54, 1.807) is 0 Å². The molecule has 3 aromatic carbocycles. The van der Waals surface area contributed by atoms with E-state index >= 15 is 0 Å². The average molecular weight is 641 g/mol. The molecule has 0 aliphatic carbocycles. The second kappa shape index (κ2) is 19.5. The zero-order valence-corrected chi connectivity index (χ0v) is 28.1. The maximum absolute atomic E-state index is 13.9. The summed E-state index contributed by atoms with van der Waals surface area (Å²) in [6.07, 6.45) is 5.16. The summed E-state index contributed by atoms with van der Waals surface area (Å²) in [5.41, 5.74) is 3.33. The van der Waals surface area contributed by atoms with Crippen LogP contribution in [0.2, 0.25) is 0 Å². The van der Waals surface area contributed by atoms with Gasteiger partial charge in [-0.3, -0.25) is 14.5 Å². The monoisotopic (exact) mass is 640 g/mol. The number of alkyl carbamates (subject to hydrolysis) is 1. The SMILES string of the molecule is CCCCC(CC)C(=O)NCCCCC(NC(=O)OCc1ccccc1)C(=O)N1CCN(C(c2ccccc2)c2ccccc2)CC1. The van der Waals surface area contributed by atoms with Gasteiger partial charge in [-0.15, -0.1) is 0 Å². The van der Waals surface area contributed by atoms with Crippen LogP contribution in [0.4, 0.5) is 4.79 Å². The van der Waals surface area contributed by atoms with Crippen molar-refractivity contribution in [2.75, 3.05) is 32.7 Å². The van der Waals surface area contributed by atoms with Gasteiger partial charge in [-0.05, 0) is 48.8 Å². The molecule has 252 valence electrons. The molecule has 0 radical (unpaired) electrons. The van der Waals surface area contributed by atoms with Gasteiger partial charge in [-0.25, -0.2) is 4.79 Å². The highest BCUT2D eigenvalue weighted by molar-refractivity contribution is 5.85. The lowest BCUT2D eigenvalue weighted by atomic mass is 9.96. The van der Waals surface area contributed by atoms with E-state index in [4.69, 9.17) is 4.74 Å². The summed E-state index contributed by atoms with van der Waals surface area (Å²) >= 11 is 0. The van der Waals surface area contributed by atoms with Gasteiger partial charge in [0.2, 0.25) is 11.8 Å². The number of carbonyl (C=O) groups is 3. The first kappa shape index (κ1) is 35.7. The zero-order valence-electron chi connectivity index (χ0n) is 28.1. The van der Waals surface area contributed by atoms with Gasteiger partial charge < -0.3 is 20.3 Å². The molecule has 3 aromatic rings. The number of nitrogens with one attached hydrogen (secondary N) is 2. The van der Waals surface area contributed by atoms with E-state index < -0.39 is 12.1 Å². The predicted molar refractivity (Wildman–Crippen MR) is 187 cm³/mol. The summed E-state index contributed by atoms with van der Waals surface area (Å²) in [6, 6.07) is 29.9. The lowest BCUT2D eigenvalue weighted by molar-refractivity contribution is -0.135. The number of ether oxygens (including phenoxy) is 1. The Morgan fingerprint density at radius 1 is 0.745 bits per heavy atom. The molecule has 1 aliphatic rings. The van der Waals surface area contributed by atoms with E-state index in [0.29, 0.717) is 45.6 Å². The van der Waals surface area contributed by atoms with Crippen LogP contribution in [-0.4, -0.2) is 66.5 Å². The predicted octanol–water partition coefficient (Wildman–Crippen LogP) is 6.72. The minimum absolute atomic E-state index is 0.0485. The summed E-state index contributed by atoms with van der Waals surface area (Å²) in [5, 5.41) is 5.95. The number of hydrogen-bond acceptors (Lipinski definition) is 5. The van der Waals surface area contributed by atoms with Crippen LogP contribution in [0.5, 0.6) is 0 Å². The molecule has 3 amide bonds. The molecule has 2 atom stereocenters. The van der Waals surface area contributed by atoms with Crippen molar-refractivity contribution in [2.45, 2.75) is 77.5 Å². The first-order valence-electron chi connectivity index (χ1n) is 17.4. The Bertz CT molecular complexity index is 1310. The molecule has 2 unspecified atom stereocenters. The number of hydrogen-bond donors (Lipinski definition) is 2. The summed E-state index contributed by atoms with van der Waals surface area (Å²) in [4.78, 5) is 43.7. The molecular weight excluding hydrogens is 588 g/mol. The number of nitrogens with zero attached hydrogens (tertiary/aromatic N) is 2. The highest BCUT2D eigenvalue weighted by Gasteiger charge is 2.32. The van der Waals surface area contributed by atoms with Crippen LogP contribution in [0.1, 0.15) is 81.5 Å². The van der Waals surface area contributed by atoms with E-state index in [0.717, 1.165) is 37.7 Å². The zero-order chi connectivity index (χ0) is 33.3. The van der Waals surface area contributed by atoms with Crippen LogP contribution in [0.15, 0.2) is 91.0 Å². The summed E-state index contributed by atoms with van der Waals surface area (Å²) in [6.45, 7) is 7.45. The lowest BCUT2D eigenvalue weighted by Gasteiger charge is -2.40. The summed E-state index contributed by atoms with van der Waals surface area (Å²) < 4.78 is 5.49. The molecule has 2 N–H and O–H groups in total. The Hall–Kier alpha value is -4.17. The third-order valence-corrected chi connectivity index (χ3v) is 9.01. The van der Waals surface area contributed by atoms with Crippen molar-refractivity contribution < 1.29 is 19.1 Å². The number of unbranched alkanes of at least 4 members (excludes halogenated alkanes) is 2. The molecule has 8 nitrogen and oxygen atoms in total. The Kier molecular flexibility index (Phi) is 14.8. The van der Waals surface area contributed by atoms with Gasteiger partial charge in [0.1, 0.15) is 12.6 Å². The first-order chi connectivity index (χ1) is 23.0. The van der Waals surface area contributed by atoms with Crippen molar-refractivity contribution in [1.82, 2.24) is 20.4 Å². The number of carbonyl (C=O) groups excluding carboxylic acids is 3. The second-order valence-corrected chi connectivity index (χ2v) is 12.4. The number of amides is 3. The van der Waals surface area contributed by atoms with Gasteiger partial charge in [0.05, 0.1) is 6.04 Å². The normalized spacial score (nSPS) is 14.7. The van der Waals surface area contributed by atoms with Crippen LogP contribution < -0.4 is 10.6 Å². The average Bonchev–Trinajstić information content (AvgIpc) is 3.12. The molecule has 0 saturated carbocycles. The van der Waals surface area contributed by atoms with Crippen LogP contribution in [0, 0.1) is 5.92 Å². The number of piperazine rings is 1. The van der Waals surface area contributed by atoms with Crippen molar-refractivity contribution in [3.05, 3.63) is 108 Å². The Labute approximate surface area is 280 Å². The highest BCUT2D eigenvalue weighted by atomic mass is 16.5. The maximum atomic E-state index is 13.9. The quantitative estimate of drug-likeness (QED) is 0.160. The Morgan fingerprint density at radius 2 is 1.34 bits per heavy atom. The standard InChI is InChI=1S/C39H52N4O4/c1-3-5-19-32(4-2)37(44)40-25-16-15-24-35(41-39(46)47-30-31-17-9-6-10-18-31)38(45)43-28-26-42(27-29-43)36(33-20-11-7-12-21-33)34-22-13-8-14-23-34/h6-14,17-18,20-23,32,35-36H,3-5,15-16,19,24-30H2,1-2H3,(H,40,44)(H,41,46). The first-order valence-corrected chi connectivity index (χ1v) is 17.4. The fourth-order valence-corrected chi connectivity index (χ4v) is 6.27. The molecule has 0 spiro atoms. The van der Waals surface area contributed by atoms with Crippen molar-refractivity contribution in [3.8, 4) is 0 Å². The molecule has 47 heavy (non-hydrogen) atoms. The van der Waals surface area contributed by atoms with E-state index in [9.17, 15) is 14.4 Å². The van der Waals surface area contributed by atoms with E-state index in [-0.39, 0.29) is 30.4 Å². The van der Waals surface area contributed by atoms with Crippen molar-refractivity contribution in [1.29, 1.82) is 0 Å². The Morgan fingerprint density at radius 3 is 1.91 bits per heavy atom. The van der Waals surface area contributed by atoms with Gasteiger partial charge in [-0.2, -0.15) is 0 Å². The van der Waals surface area contributed by atoms with Gasteiger partial charge >= 0.3 is 6.09 Å². The molecule has 1 heterocycles. The summed E-state index contributed by atoms with van der Waals surface area (Å²) in [7, 11) is 0. The lowest BCUT2D eigenvalue weighted by Crippen LogP contribution is -2.55. The molecule has 8 heteroatoms. The van der Waals surface area contributed by atoms with Gasteiger partial charge in [0, 0.05) is 38.6 Å². The van der Waals surface area contributed by atoms with Crippen molar-refractivity contribution in [3.63, 3.8) is 0 Å². The number of rotatable bonds is 17. The molecule has 1 aliphatic heterocycles. The molecule has 0 bridgehead atoms. The summed E-state index contributed by atoms with van der Waals surface area (Å²) in [5.74, 6) is 0.0673. The van der Waals surface area contributed by atoms with E-state index in [1.165, 1.54) is 11.1 Å². The molecule has 1 saturated heterocycles. The van der Waals surface area contributed by atoms with E-state index in [1.807, 2.05) is 47.4 Å². The van der Waals surface area contributed by atoms with Crippen LogP contribution in [0.3, 0.4) is 0 Å². The third-order valence-electron chi connectivity index (χ3n) is 9.01. The van der Waals surface area contributed by atoms with Crippen molar-refractivity contribution in [2.24, 2.45) is 5.92 Å². The minimum atomic E-state index is -0.701. The topological polar surface area (TPSA) is 91.0 Å². The third kappa shape index (κ3) is 11.2. The largest absolute Gasteiger partial charge is 0.445 e. The van der Waals surface area contributed by atoms with Gasteiger partial charge in [0.25, 0.3) is 0 Å². The van der Waals surface area contributed by atoms with E-state index in [2.05, 4.69) is 77.9 Å². The Balaban J connectivity index is 1.35. The minimum Gasteiger partial charge on any atom is -0.445 e. The molecule has 4 rings (SSSR count). The highest BCUT2D eigenvalue weighted by Crippen LogP contribution is 2.29. The van der Waals surface area contributed by atoms with Crippen LogP contribution >= 0.6 is 0 Å². The maximum Gasteiger partial charge on any atom is 0.408 e. The van der Waals surface area contributed by atoms with Gasteiger partial charge in [-0.1, -0.05) is 118 Å². The van der Waals surface area contributed by atoms with Gasteiger partial charge in [0.15, 0.2) is 0 Å². The fraction of sp³-hybridized carbons (Fsp3) is 0.462. The molecular formula is C39H52N4O4. The van der Waals surface area contributed by atoms with Crippen molar-refractivity contribution >= 4 is 17.9 Å². The molecule has 0 aromatic heterocycles. The smallest absolute Gasteiger partial charge is 0.408 e. The van der Waals surface area contributed by atoms with Crippen LogP contribution in [0.25, 0.3) is 0 Å². The van der Waals surface area contributed by atoms with Crippen LogP contribution in [-0.2, 0) is 20.9 Å². The fourth-order valence-electron chi connectivity index (χ4n) is 6.27.